The second-order valence-corrected chi connectivity index (χ2v) is 10.3. The quantitative estimate of drug-likeness (QED) is 0.385. The first-order valence-corrected chi connectivity index (χ1v) is 12.6. The van der Waals surface area contributed by atoms with Gasteiger partial charge >= 0.3 is 5.97 Å². The first-order chi connectivity index (χ1) is 15.7. The Morgan fingerprint density at radius 3 is 2.42 bits per heavy atom. The average molecular weight is 490 g/mol. The summed E-state index contributed by atoms with van der Waals surface area (Å²) in [5.41, 5.74) is 1.94. The maximum absolute atomic E-state index is 12.8. The molecule has 0 radical (unpaired) electrons. The topological polar surface area (TPSA) is 101 Å². The number of hydrogen-bond donors (Lipinski definition) is 2. The van der Waals surface area contributed by atoms with Crippen molar-refractivity contribution in [3.8, 4) is 0 Å². The predicted octanol–water partition coefficient (Wildman–Crippen LogP) is 4.66. The minimum Gasteiger partial charge on any atom is -0.481 e. The zero-order valence-electron chi connectivity index (χ0n) is 18.4. The lowest BCUT2D eigenvalue weighted by Crippen LogP contribution is -2.29. The molecule has 0 saturated carbocycles. The SMILES string of the molecule is CC(CCC(CNS(=O)(=O)c1ccc(Cl)cc1)c1ccc(CCC(=O)O)cc1)n1ccnc1. The molecule has 0 aliphatic rings. The number of aryl methyl sites for hydroxylation is 1. The number of halogens is 1. The van der Waals surface area contributed by atoms with Crippen LogP contribution >= 0.6 is 11.6 Å². The lowest BCUT2D eigenvalue weighted by atomic mass is 9.91. The lowest BCUT2D eigenvalue weighted by molar-refractivity contribution is -0.136. The van der Waals surface area contributed by atoms with Gasteiger partial charge in [0.2, 0.25) is 10.0 Å². The van der Waals surface area contributed by atoms with Crippen molar-refractivity contribution in [2.24, 2.45) is 0 Å². The molecule has 2 N–H and O–H groups in total. The summed E-state index contributed by atoms with van der Waals surface area (Å²) in [5, 5.41) is 9.37. The summed E-state index contributed by atoms with van der Waals surface area (Å²) < 4.78 is 30.3. The van der Waals surface area contributed by atoms with E-state index in [2.05, 4.69) is 16.6 Å². The van der Waals surface area contributed by atoms with Crippen LogP contribution in [0.5, 0.6) is 0 Å². The Hall–Kier alpha value is -2.68. The van der Waals surface area contributed by atoms with E-state index in [0.717, 1.165) is 24.0 Å². The van der Waals surface area contributed by atoms with Gasteiger partial charge in [0.05, 0.1) is 11.2 Å². The van der Waals surface area contributed by atoms with Gasteiger partial charge in [-0.2, -0.15) is 0 Å². The van der Waals surface area contributed by atoms with Crippen LogP contribution in [0.4, 0.5) is 0 Å². The third-order valence-electron chi connectivity index (χ3n) is 5.69. The average Bonchev–Trinajstić information content (AvgIpc) is 3.33. The normalized spacial score (nSPS) is 13.5. The van der Waals surface area contributed by atoms with Crippen molar-refractivity contribution < 1.29 is 18.3 Å². The highest BCUT2D eigenvalue weighted by Crippen LogP contribution is 2.26. The molecule has 3 rings (SSSR count). The summed E-state index contributed by atoms with van der Waals surface area (Å²) in [6.45, 7) is 2.35. The largest absolute Gasteiger partial charge is 0.481 e. The summed E-state index contributed by atoms with van der Waals surface area (Å²) in [5.74, 6) is -0.881. The molecule has 2 unspecified atom stereocenters. The smallest absolute Gasteiger partial charge is 0.303 e. The number of carboxylic acids is 1. The van der Waals surface area contributed by atoms with Crippen molar-refractivity contribution in [2.75, 3.05) is 6.54 Å². The Kier molecular flexibility index (Phi) is 8.66. The summed E-state index contributed by atoms with van der Waals surface area (Å²) >= 11 is 5.88. The molecule has 0 amide bonds. The molecule has 9 heteroatoms. The molecular weight excluding hydrogens is 462 g/mol. The molecule has 2 atom stereocenters. The standard InChI is InChI=1S/C24H28ClN3O4S/c1-18(28-15-14-26-17-28)2-6-21(20-7-3-19(4-8-20)5-13-24(29)30)16-27-33(31,32)23-11-9-22(25)10-12-23/h3-4,7-12,14-15,17-18,21,27H,2,5-6,13,16H2,1H3,(H,29,30). The van der Waals surface area contributed by atoms with Gasteiger partial charge in [0, 0.05) is 36.4 Å². The van der Waals surface area contributed by atoms with Gasteiger partial charge in [0.1, 0.15) is 0 Å². The zero-order chi connectivity index (χ0) is 23.8. The van der Waals surface area contributed by atoms with E-state index in [9.17, 15) is 13.2 Å². The Labute approximate surface area is 199 Å². The van der Waals surface area contributed by atoms with E-state index in [-0.39, 0.29) is 29.8 Å². The molecule has 0 aliphatic heterocycles. The minimum absolute atomic E-state index is 0.0495. The van der Waals surface area contributed by atoms with Crippen molar-refractivity contribution in [2.45, 2.75) is 49.5 Å². The number of carbonyl (C=O) groups is 1. The van der Waals surface area contributed by atoms with Crippen LogP contribution in [0.3, 0.4) is 0 Å². The molecule has 1 heterocycles. The van der Waals surface area contributed by atoms with Crippen LogP contribution in [0, 0.1) is 0 Å². The van der Waals surface area contributed by atoms with Crippen LogP contribution in [0.25, 0.3) is 0 Å². The molecule has 0 bridgehead atoms. The second-order valence-electron chi connectivity index (χ2n) is 8.07. The van der Waals surface area contributed by atoms with Crippen LogP contribution in [-0.2, 0) is 21.2 Å². The van der Waals surface area contributed by atoms with Crippen molar-refractivity contribution in [3.05, 3.63) is 83.4 Å². The van der Waals surface area contributed by atoms with Crippen molar-refractivity contribution in [3.63, 3.8) is 0 Å². The van der Waals surface area contributed by atoms with Gasteiger partial charge in [0.15, 0.2) is 0 Å². The molecule has 0 spiro atoms. The van der Waals surface area contributed by atoms with Crippen LogP contribution < -0.4 is 4.72 Å². The molecule has 0 saturated heterocycles. The fourth-order valence-corrected chi connectivity index (χ4v) is 4.83. The first kappa shape index (κ1) is 25.0. The van der Waals surface area contributed by atoms with Gasteiger partial charge in [-0.3, -0.25) is 4.79 Å². The number of hydrogen-bond acceptors (Lipinski definition) is 4. The van der Waals surface area contributed by atoms with Gasteiger partial charge < -0.3 is 9.67 Å². The fraction of sp³-hybridized carbons (Fsp3) is 0.333. The number of rotatable bonds is 12. The van der Waals surface area contributed by atoms with E-state index in [1.165, 1.54) is 12.1 Å². The Morgan fingerprint density at radius 1 is 1.12 bits per heavy atom. The number of nitrogens with zero attached hydrogens (tertiary/aromatic N) is 2. The summed E-state index contributed by atoms with van der Waals surface area (Å²) in [7, 11) is -3.68. The van der Waals surface area contributed by atoms with Crippen molar-refractivity contribution in [1.29, 1.82) is 0 Å². The highest BCUT2D eigenvalue weighted by atomic mass is 35.5. The molecule has 2 aromatic carbocycles. The van der Waals surface area contributed by atoms with E-state index in [1.807, 2.05) is 35.0 Å². The molecule has 0 aliphatic carbocycles. The number of imidazole rings is 1. The maximum atomic E-state index is 12.8. The number of sulfonamides is 1. The van der Waals surface area contributed by atoms with Crippen LogP contribution in [-0.4, -0.2) is 35.6 Å². The first-order valence-electron chi connectivity index (χ1n) is 10.8. The van der Waals surface area contributed by atoms with Gasteiger partial charge in [-0.1, -0.05) is 35.9 Å². The molecule has 7 nitrogen and oxygen atoms in total. The van der Waals surface area contributed by atoms with Crippen LogP contribution in [0.2, 0.25) is 5.02 Å². The number of benzene rings is 2. The highest BCUT2D eigenvalue weighted by Gasteiger charge is 2.19. The number of nitrogens with one attached hydrogen (secondary N) is 1. The Bertz CT molecular complexity index is 1130. The number of carboxylic acid groups (broad SMARTS) is 1. The van der Waals surface area contributed by atoms with E-state index in [1.54, 1.807) is 24.7 Å². The second kappa shape index (κ2) is 11.4. The molecule has 33 heavy (non-hydrogen) atoms. The zero-order valence-corrected chi connectivity index (χ0v) is 20.0. The molecule has 1 aromatic heterocycles. The van der Waals surface area contributed by atoms with Crippen LogP contribution in [0.15, 0.2) is 72.1 Å². The van der Waals surface area contributed by atoms with E-state index in [4.69, 9.17) is 16.7 Å². The van der Waals surface area contributed by atoms with Gasteiger partial charge in [-0.05, 0) is 67.5 Å². The Balaban J connectivity index is 1.73. The molecule has 176 valence electrons. The summed E-state index contributed by atoms with van der Waals surface area (Å²) in [4.78, 5) is 15.1. The number of aromatic nitrogens is 2. The highest BCUT2D eigenvalue weighted by molar-refractivity contribution is 7.89. The predicted molar refractivity (Wildman–Crippen MR) is 128 cm³/mol. The minimum atomic E-state index is -3.68. The maximum Gasteiger partial charge on any atom is 0.303 e. The Morgan fingerprint density at radius 2 is 1.82 bits per heavy atom. The molecule has 3 aromatic rings. The van der Waals surface area contributed by atoms with E-state index in [0.29, 0.717) is 11.4 Å². The van der Waals surface area contributed by atoms with Gasteiger partial charge in [0.25, 0.3) is 0 Å². The van der Waals surface area contributed by atoms with Crippen molar-refractivity contribution >= 4 is 27.6 Å². The number of aliphatic carboxylic acids is 1. The molecular formula is C24H28ClN3O4S. The fourth-order valence-electron chi connectivity index (χ4n) is 3.62. The lowest BCUT2D eigenvalue weighted by Gasteiger charge is -2.21. The summed E-state index contributed by atoms with van der Waals surface area (Å²) in [6.07, 6.45) is 7.57. The van der Waals surface area contributed by atoms with Gasteiger partial charge in [-0.15, -0.1) is 0 Å². The molecule has 0 fully saturated rings. The summed E-state index contributed by atoms with van der Waals surface area (Å²) in [6, 6.07) is 14.0. The van der Waals surface area contributed by atoms with Crippen molar-refractivity contribution in [1.82, 2.24) is 14.3 Å². The van der Waals surface area contributed by atoms with E-state index < -0.39 is 16.0 Å². The van der Waals surface area contributed by atoms with Crippen LogP contribution in [0.1, 0.15) is 49.3 Å². The third kappa shape index (κ3) is 7.42. The van der Waals surface area contributed by atoms with E-state index >= 15 is 0 Å². The monoisotopic (exact) mass is 489 g/mol. The third-order valence-corrected chi connectivity index (χ3v) is 7.38. The van der Waals surface area contributed by atoms with Gasteiger partial charge in [-0.25, -0.2) is 18.1 Å².